The first-order chi connectivity index (χ1) is 8.83. The minimum Gasteiger partial charge on any atom is -0.316 e. The molecule has 1 rings (SSSR count). The van der Waals surface area contributed by atoms with E-state index in [1.807, 2.05) is 27.7 Å². The van der Waals surface area contributed by atoms with E-state index in [4.69, 9.17) is 11.0 Å². The van der Waals surface area contributed by atoms with Crippen LogP contribution in [0.5, 0.6) is 0 Å². The van der Waals surface area contributed by atoms with E-state index in [9.17, 15) is 0 Å². The maximum absolute atomic E-state index is 8.54. The Hall–Kier alpha value is -0.550. The standard InChI is InChI=1S/C12H22N2.2C2H6/c13-10-12(14)9-5-8-11-6-3-1-2-4-7-11;2*1-2/h11-12H,1-9,14H2;2*1-2H3. The van der Waals surface area contributed by atoms with E-state index in [1.54, 1.807) is 0 Å². The molecule has 0 radical (unpaired) electrons. The summed E-state index contributed by atoms with van der Waals surface area (Å²) in [6, 6.07) is 1.86. The maximum Gasteiger partial charge on any atom is 0.0928 e. The van der Waals surface area contributed by atoms with Crippen molar-refractivity contribution in [1.82, 2.24) is 0 Å². The van der Waals surface area contributed by atoms with E-state index < -0.39 is 0 Å². The summed E-state index contributed by atoms with van der Waals surface area (Å²) < 4.78 is 0. The summed E-state index contributed by atoms with van der Waals surface area (Å²) in [6.07, 6.45) is 11.8. The fourth-order valence-electron chi connectivity index (χ4n) is 2.34. The molecule has 0 bridgehead atoms. The van der Waals surface area contributed by atoms with E-state index in [-0.39, 0.29) is 6.04 Å². The lowest BCUT2D eigenvalue weighted by atomic mass is 9.93. The zero-order valence-corrected chi connectivity index (χ0v) is 13.0. The molecule has 0 heterocycles. The summed E-state index contributed by atoms with van der Waals surface area (Å²) in [5.74, 6) is 0.920. The number of nitrogens with zero attached hydrogens (tertiary/aromatic N) is 1. The predicted molar refractivity (Wildman–Crippen MR) is 81.3 cm³/mol. The van der Waals surface area contributed by atoms with E-state index in [0.717, 1.165) is 18.8 Å². The minimum atomic E-state index is -0.235. The molecule has 18 heavy (non-hydrogen) atoms. The van der Waals surface area contributed by atoms with Gasteiger partial charge in [-0.2, -0.15) is 5.26 Å². The number of hydrogen-bond donors (Lipinski definition) is 1. The molecule has 1 aliphatic carbocycles. The Labute approximate surface area is 115 Å². The van der Waals surface area contributed by atoms with Crippen LogP contribution in [-0.4, -0.2) is 6.04 Å². The van der Waals surface area contributed by atoms with E-state index >= 15 is 0 Å². The summed E-state index contributed by atoms with van der Waals surface area (Å²) in [6.45, 7) is 8.00. The van der Waals surface area contributed by atoms with Gasteiger partial charge >= 0.3 is 0 Å². The highest BCUT2D eigenvalue weighted by molar-refractivity contribution is 4.86. The van der Waals surface area contributed by atoms with Crippen LogP contribution in [0.3, 0.4) is 0 Å². The molecule has 2 N–H and O–H groups in total. The number of rotatable bonds is 4. The fraction of sp³-hybridized carbons (Fsp3) is 0.938. The third-order valence-corrected chi connectivity index (χ3v) is 3.27. The van der Waals surface area contributed by atoms with Crippen molar-refractivity contribution >= 4 is 0 Å². The largest absolute Gasteiger partial charge is 0.316 e. The minimum absolute atomic E-state index is 0.235. The molecule has 1 unspecified atom stereocenters. The van der Waals surface area contributed by atoms with Crippen molar-refractivity contribution in [3.63, 3.8) is 0 Å². The van der Waals surface area contributed by atoms with Crippen LogP contribution < -0.4 is 5.73 Å². The summed E-state index contributed by atoms with van der Waals surface area (Å²) in [4.78, 5) is 0. The van der Waals surface area contributed by atoms with Gasteiger partial charge in [-0.1, -0.05) is 79.1 Å². The Bertz CT molecular complexity index is 176. The third-order valence-electron chi connectivity index (χ3n) is 3.27. The van der Waals surface area contributed by atoms with Gasteiger partial charge in [-0.3, -0.25) is 0 Å². The smallest absolute Gasteiger partial charge is 0.0928 e. The third kappa shape index (κ3) is 11.9. The average Bonchev–Trinajstić information content (AvgIpc) is 2.72. The topological polar surface area (TPSA) is 49.8 Å². The molecule has 1 fully saturated rings. The highest BCUT2D eigenvalue weighted by Gasteiger charge is 2.12. The van der Waals surface area contributed by atoms with Gasteiger partial charge < -0.3 is 5.73 Å². The van der Waals surface area contributed by atoms with Crippen LogP contribution in [0, 0.1) is 17.2 Å². The average molecular weight is 254 g/mol. The van der Waals surface area contributed by atoms with Gasteiger partial charge in [-0.05, 0) is 12.3 Å². The summed E-state index contributed by atoms with van der Waals surface area (Å²) in [5.41, 5.74) is 5.56. The van der Waals surface area contributed by atoms with Crippen LogP contribution in [-0.2, 0) is 0 Å². The molecule has 0 aromatic rings. The lowest BCUT2D eigenvalue weighted by Gasteiger charge is -2.13. The van der Waals surface area contributed by atoms with Crippen LogP contribution >= 0.6 is 0 Å². The second-order valence-corrected chi connectivity index (χ2v) is 4.52. The normalized spacial score (nSPS) is 17.1. The van der Waals surface area contributed by atoms with Gasteiger partial charge in [0.05, 0.1) is 12.1 Å². The summed E-state index contributed by atoms with van der Waals surface area (Å²) in [7, 11) is 0. The molecular formula is C16H34N2. The quantitative estimate of drug-likeness (QED) is 0.715. The van der Waals surface area contributed by atoms with Crippen molar-refractivity contribution in [2.75, 3.05) is 0 Å². The SMILES string of the molecule is CC.CC.N#CC(N)CCCC1CCCCCC1. The molecule has 108 valence electrons. The van der Waals surface area contributed by atoms with Crippen LogP contribution in [0.25, 0.3) is 0 Å². The van der Waals surface area contributed by atoms with Crippen LogP contribution in [0.15, 0.2) is 0 Å². The molecule has 2 heteroatoms. The molecule has 0 aromatic carbocycles. The first-order valence-corrected chi connectivity index (χ1v) is 7.98. The van der Waals surface area contributed by atoms with Crippen molar-refractivity contribution in [3.8, 4) is 6.07 Å². The predicted octanol–water partition coefficient (Wildman–Crippen LogP) is 5.03. The lowest BCUT2D eigenvalue weighted by molar-refractivity contribution is 0.406. The first-order valence-electron chi connectivity index (χ1n) is 7.98. The van der Waals surface area contributed by atoms with Crippen molar-refractivity contribution in [2.24, 2.45) is 11.7 Å². The molecule has 1 atom stereocenters. The molecule has 0 saturated heterocycles. The highest BCUT2D eigenvalue weighted by Crippen LogP contribution is 2.26. The van der Waals surface area contributed by atoms with E-state index in [1.165, 1.54) is 44.9 Å². The van der Waals surface area contributed by atoms with Gasteiger partial charge in [-0.25, -0.2) is 0 Å². The van der Waals surface area contributed by atoms with Crippen LogP contribution in [0.1, 0.15) is 85.5 Å². The molecule has 0 aromatic heterocycles. The Morgan fingerprint density at radius 3 is 2.00 bits per heavy atom. The summed E-state index contributed by atoms with van der Waals surface area (Å²) in [5, 5.41) is 8.54. The van der Waals surface area contributed by atoms with Gasteiger partial charge in [0.15, 0.2) is 0 Å². The highest BCUT2D eigenvalue weighted by atomic mass is 14.6. The Balaban J connectivity index is 0. The van der Waals surface area contributed by atoms with Gasteiger partial charge in [0.2, 0.25) is 0 Å². The van der Waals surface area contributed by atoms with Crippen LogP contribution in [0.4, 0.5) is 0 Å². The summed E-state index contributed by atoms with van der Waals surface area (Å²) >= 11 is 0. The Morgan fingerprint density at radius 2 is 1.56 bits per heavy atom. The first kappa shape index (κ1) is 19.8. The monoisotopic (exact) mass is 254 g/mol. The van der Waals surface area contributed by atoms with Crippen molar-refractivity contribution in [1.29, 1.82) is 5.26 Å². The molecule has 0 spiro atoms. The molecular weight excluding hydrogens is 220 g/mol. The number of nitrogens with two attached hydrogens (primary N) is 1. The lowest BCUT2D eigenvalue weighted by Crippen LogP contribution is -2.17. The molecule has 0 amide bonds. The van der Waals surface area contributed by atoms with E-state index in [2.05, 4.69) is 6.07 Å². The molecule has 2 nitrogen and oxygen atoms in total. The molecule has 1 aliphatic rings. The zero-order chi connectivity index (χ0) is 14.2. The van der Waals surface area contributed by atoms with Gasteiger partial charge in [-0.15, -0.1) is 0 Å². The zero-order valence-electron chi connectivity index (χ0n) is 13.0. The van der Waals surface area contributed by atoms with Crippen LogP contribution in [0.2, 0.25) is 0 Å². The van der Waals surface area contributed by atoms with E-state index in [0.29, 0.717) is 0 Å². The maximum atomic E-state index is 8.54. The fourth-order valence-corrected chi connectivity index (χ4v) is 2.34. The number of nitriles is 1. The van der Waals surface area contributed by atoms with Gasteiger partial charge in [0, 0.05) is 0 Å². The van der Waals surface area contributed by atoms with Crippen molar-refractivity contribution < 1.29 is 0 Å². The molecule has 0 aliphatic heterocycles. The molecule has 1 saturated carbocycles. The number of hydrogen-bond acceptors (Lipinski definition) is 2. The van der Waals surface area contributed by atoms with Crippen molar-refractivity contribution in [3.05, 3.63) is 0 Å². The second-order valence-electron chi connectivity index (χ2n) is 4.52. The Morgan fingerprint density at radius 1 is 1.06 bits per heavy atom. The Kier molecular flexibility index (Phi) is 18.1. The van der Waals surface area contributed by atoms with Gasteiger partial charge in [0.25, 0.3) is 0 Å². The second kappa shape index (κ2) is 16.4. The van der Waals surface area contributed by atoms with Crippen molar-refractivity contribution in [2.45, 2.75) is 91.5 Å². The van der Waals surface area contributed by atoms with Gasteiger partial charge in [0.1, 0.15) is 0 Å².